The molecule has 1 aliphatic rings. The van der Waals surface area contributed by atoms with Crippen molar-refractivity contribution in [2.45, 2.75) is 31.9 Å². The highest BCUT2D eigenvalue weighted by Crippen LogP contribution is 2.45. The van der Waals surface area contributed by atoms with Gasteiger partial charge in [0.15, 0.2) is 17.0 Å². The zero-order valence-electron chi connectivity index (χ0n) is 15.9. The number of halogens is 3. The number of aryl methyl sites for hydroxylation is 2. The van der Waals surface area contributed by atoms with Crippen LogP contribution < -0.4 is 0 Å². The Morgan fingerprint density at radius 3 is 2.50 bits per heavy atom. The van der Waals surface area contributed by atoms with Gasteiger partial charge in [0.25, 0.3) is 0 Å². The van der Waals surface area contributed by atoms with Gasteiger partial charge in [0.1, 0.15) is 5.69 Å². The molecule has 0 radical (unpaired) electrons. The third-order valence-corrected chi connectivity index (χ3v) is 5.19. The number of fused-ring (bicyclic) bond motifs is 3. The van der Waals surface area contributed by atoms with E-state index in [0.29, 0.717) is 27.9 Å². The Morgan fingerprint density at radius 1 is 1.20 bits per heavy atom. The van der Waals surface area contributed by atoms with Crippen LogP contribution in [0.5, 0.6) is 0 Å². The summed E-state index contributed by atoms with van der Waals surface area (Å²) >= 11 is 0. The summed E-state index contributed by atoms with van der Waals surface area (Å²) in [4.78, 5) is 20.2. The molecule has 4 aromatic heterocycles. The van der Waals surface area contributed by atoms with Gasteiger partial charge in [-0.05, 0) is 43.4 Å². The maximum atomic E-state index is 13.4. The minimum atomic E-state index is -4.63. The van der Waals surface area contributed by atoms with Gasteiger partial charge in [-0.2, -0.15) is 18.3 Å². The third-order valence-electron chi connectivity index (χ3n) is 5.19. The van der Waals surface area contributed by atoms with Gasteiger partial charge in [-0.25, -0.2) is 19.3 Å². The number of hydrogen-bond donors (Lipinski definition) is 1. The Kier molecular flexibility index (Phi) is 3.71. The molecule has 0 spiro atoms. The van der Waals surface area contributed by atoms with Gasteiger partial charge in [-0.15, -0.1) is 5.10 Å². The molecule has 0 saturated heterocycles. The van der Waals surface area contributed by atoms with Gasteiger partial charge in [0, 0.05) is 18.8 Å². The second-order valence-corrected chi connectivity index (χ2v) is 7.44. The fraction of sp³-hybridized carbons (Fsp3) is 0.316. The first-order chi connectivity index (χ1) is 14.1. The zero-order valence-corrected chi connectivity index (χ0v) is 15.9. The summed E-state index contributed by atoms with van der Waals surface area (Å²) in [5, 5.41) is 18.4. The summed E-state index contributed by atoms with van der Waals surface area (Å²) < 4.78 is 42.7. The molecule has 0 bridgehead atoms. The summed E-state index contributed by atoms with van der Waals surface area (Å²) in [6.07, 6.45) is -1.42. The molecule has 0 aliphatic heterocycles. The largest absolute Gasteiger partial charge is 0.477 e. The lowest BCUT2D eigenvalue weighted by atomic mass is 10.1. The lowest BCUT2D eigenvalue weighted by Crippen LogP contribution is -2.09. The van der Waals surface area contributed by atoms with E-state index in [4.69, 9.17) is 0 Å². The van der Waals surface area contributed by atoms with Crippen molar-refractivity contribution < 1.29 is 23.1 Å². The number of alkyl halides is 3. The molecular weight excluding hydrogens is 401 g/mol. The minimum Gasteiger partial charge on any atom is -0.477 e. The fourth-order valence-corrected chi connectivity index (χ4v) is 3.71. The normalized spacial score (nSPS) is 14.7. The molecule has 0 unspecified atom stereocenters. The predicted octanol–water partition coefficient (Wildman–Crippen LogP) is 3.58. The Morgan fingerprint density at radius 2 is 1.93 bits per heavy atom. The Balaban J connectivity index is 1.89. The van der Waals surface area contributed by atoms with Crippen molar-refractivity contribution in [3.63, 3.8) is 0 Å². The van der Waals surface area contributed by atoms with Crippen molar-refractivity contribution in [1.82, 2.24) is 29.4 Å². The number of hydrogen-bond acceptors (Lipinski definition) is 5. The quantitative estimate of drug-likeness (QED) is 0.548. The lowest BCUT2D eigenvalue weighted by molar-refractivity contribution is -0.141. The summed E-state index contributed by atoms with van der Waals surface area (Å²) in [5.74, 6) is -1.33. The molecular formula is C19H15F3N6O2. The second kappa shape index (κ2) is 6.00. The Labute approximate surface area is 167 Å². The first kappa shape index (κ1) is 18.5. The average molecular weight is 416 g/mol. The van der Waals surface area contributed by atoms with Crippen molar-refractivity contribution in [2.24, 2.45) is 7.05 Å². The fourth-order valence-electron chi connectivity index (χ4n) is 3.71. The van der Waals surface area contributed by atoms with E-state index in [1.165, 1.54) is 6.07 Å². The molecule has 0 aromatic carbocycles. The van der Waals surface area contributed by atoms with E-state index in [0.717, 1.165) is 23.4 Å². The molecule has 154 valence electrons. The smallest absolute Gasteiger partial charge is 0.433 e. The van der Waals surface area contributed by atoms with Crippen LogP contribution in [0.15, 0.2) is 18.3 Å². The number of pyridine rings is 1. The molecule has 1 aliphatic carbocycles. The highest BCUT2D eigenvalue weighted by Gasteiger charge is 2.37. The highest BCUT2D eigenvalue weighted by atomic mass is 19.4. The van der Waals surface area contributed by atoms with E-state index in [-0.39, 0.29) is 22.9 Å². The summed E-state index contributed by atoms with van der Waals surface area (Å²) in [6.45, 7) is 1.77. The Bertz CT molecular complexity index is 1350. The van der Waals surface area contributed by atoms with E-state index in [2.05, 4.69) is 20.2 Å². The van der Waals surface area contributed by atoms with Gasteiger partial charge in [0.05, 0.1) is 16.8 Å². The van der Waals surface area contributed by atoms with Crippen molar-refractivity contribution in [1.29, 1.82) is 0 Å². The topological polar surface area (TPSA) is 98.2 Å². The van der Waals surface area contributed by atoms with Gasteiger partial charge >= 0.3 is 12.1 Å². The van der Waals surface area contributed by atoms with Crippen LogP contribution in [0.2, 0.25) is 0 Å². The van der Waals surface area contributed by atoms with Gasteiger partial charge < -0.3 is 5.11 Å². The summed E-state index contributed by atoms with van der Waals surface area (Å²) in [7, 11) is 1.73. The van der Waals surface area contributed by atoms with Crippen molar-refractivity contribution in [2.75, 3.05) is 0 Å². The molecule has 1 saturated carbocycles. The maximum Gasteiger partial charge on any atom is 0.433 e. The van der Waals surface area contributed by atoms with Crippen molar-refractivity contribution >= 4 is 22.6 Å². The SMILES string of the molecule is Cc1nn(C)cc1-c1cc(C(=O)O)n2nc3nc(C(F)(F)F)cc(C4CC4)c3c2n1. The van der Waals surface area contributed by atoms with Crippen LogP contribution in [0.25, 0.3) is 27.9 Å². The van der Waals surface area contributed by atoms with E-state index < -0.39 is 17.8 Å². The molecule has 0 amide bonds. The van der Waals surface area contributed by atoms with Crippen LogP contribution in [-0.2, 0) is 13.2 Å². The number of rotatable bonds is 3. The van der Waals surface area contributed by atoms with Crippen molar-refractivity contribution in [3.8, 4) is 11.3 Å². The van der Waals surface area contributed by atoms with E-state index in [9.17, 15) is 23.1 Å². The molecule has 1 N–H and O–H groups in total. The monoisotopic (exact) mass is 416 g/mol. The van der Waals surface area contributed by atoms with Gasteiger partial charge in [0.2, 0.25) is 0 Å². The second-order valence-electron chi connectivity index (χ2n) is 7.44. The van der Waals surface area contributed by atoms with Crippen LogP contribution in [0.4, 0.5) is 13.2 Å². The highest BCUT2D eigenvalue weighted by molar-refractivity contribution is 5.97. The maximum absolute atomic E-state index is 13.4. The zero-order chi connectivity index (χ0) is 21.4. The van der Waals surface area contributed by atoms with E-state index >= 15 is 0 Å². The third kappa shape index (κ3) is 2.80. The Hall–Kier alpha value is -3.50. The van der Waals surface area contributed by atoms with Crippen LogP contribution in [0, 0.1) is 6.92 Å². The number of carbonyl (C=O) groups is 1. The number of carboxylic acid groups (broad SMARTS) is 1. The molecule has 1 fully saturated rings. The molecule has 8 nitrogen and oxygen atoms in total. The van der Waals surface area contributed by atoms with Crippen LogP contribution in [-0.4, -0.2) is 40.4 Å². The number of aromatic nitrogens is 6. The summed E-state index contributed by atoms with van der Waals surface area (Å²) in [5.41, 5.74) is 0.833. The molecule has 30 heavy (non-hydrogen) atoms. The predicted molar refractivity (Wildman–Crippen MR) is 99.2 cm³/mol. The van der Waals surface area contributed by atoms with Crippen LogP contribution >= 0.6 is 0 Å². The molecule has 0 atom stereocenters. The number of nitrogens with zero attached hydrogens (tertiary/aromatic N) is 6. The van der Waals surface area contributed by atoms with E-state index in [1.807, 2.05) is 0 Å². The minimum absolute atomic E-state index is 0.0523. The molecule has 5 rings (SSSR count). The van der Waals surface area contributed by atoms with Gasteiger partial charge in [-0.3, -0.25) is 4.68 Å². The lowest BCUT2D eigenvalue weighted by Gasteiger charge is -2.08. The van der Waals surface area contributed by atoms with E-state index in [1.54, 1.807) is 24.9 Å². The molecule has 4 heterocycles. The van der Waals surface area contributed by atoms with Crippen molar-refractivity contribution in [3.05, 3.63) is 41.0 Å². The van der Waals surface area contributed by atoms with Gasteiger partial charge in [-0.1, -0.05) is 0 Å². The first-order valence-electron chi connectivity index (χ1n) is 9.19. The van der Waals surface area contributed by atoms with Crippen LogP contribution in [0.3, 0.4) is 0 Å². The summed E-state index contributed by atoms with van der Waals surface area (Å²) in [6, 6.07) is 2.37. The number of aromatic carboxylic acids is 1. The number of carboxylic acids is 1. The van der Waals surface area contributed by atoms with Crippen LogP contribution in [0.1, 0.15) is 46.2 Å². The molecule has 4 aromatic rings. The molecule has 11 heteroatoms. The standard InChI is InChI=1S/C19H15F3N6O2/c1-8-11(7-27(2)25-8)12-6-13(18(29)30)28-17(23-12)15-10(9-3-4-9)5-14(19(20,21)22)24-16(15)26-28/h5-7,9H,3-4H2,1-2H3,(H,29,30). The average Bonchev–Trinajstić information content (AvgIpc) is 3.35. The first-order valence-corrected chi connectivity index (χ1v) is 9.19.